The Morgan fingerprint density at radius 2 is 1.83 bits per heavy atom. The number of hydrogen-bond donors (Lipinski definition) is 0. The molecule has 0 spiro atoms. The topological polar surface area (TPSA) is 79.5 Å². The van der Waals surface area contributed by atoms with Crippen molar-refractivity contribution in [2.45, 2.75) is 33.4 Å². The second-order valence-electron chi connectivity index (χ2n) is 5.20. The average Bonchev–Trinajstić information content (AvgIpc) is 2.83. The highest BCUT2D eigenvalue weighted by molar-refractivity contribution is 5.74. The molecule has 0 saturated carbocycles. The lowest BCUT2D eigenvalue weighted by atomic mass is 10.3. The van der Waals surface area contributed by atoms with Gasteiger partial charge in [-0.15, -0.1) is 0 Å². The van der Waals surface area contributed by atoms with Crippen molar-refractivity contribution in [1.29, 1.82) is 0 Å². The fourth-order valence-electron chi connectivity index (χ4n) is 1.99. The summed E-state index contributed by atoms with van der Waals surface area (Å²) in [5.74, 6) is -0.183. The van der Waals surface area contributed by atoms with E-state index in [1.165, 1.54) is 17.7 Å². The first-order valence-corrected chi connectivity index (χ1v) is 7.13. The van der Waals surface area contributed by atoms with E-state index >= 15 is 0 Å². The monoisotopic (exact) mass is 318 g/mol. The van der Waals surface area contributed by atoms with Crippen LogP contribution < -0.4 is 10.4 Å². The van der Waals surface area contributed by atoms with Gasteiger partial charge in [0, 0.05) is 19.2 Å². The first-order chi connectivity index (χ1) is 10.9. The summed E-state index contributed by atoms with van der Waals surface area (Å²) in [4.78, 5) is 35.7. The molecular weight excluding hydrogens is 300 g/mol. The maximum Gasteiger partial charge on any atom is 0.428 e. The van der Waals surface area contributed by atoms with Gasteiger partial charge in [0.05, 0.1) is 5.69 Å². The zero-order chi connectivity index (χ0) is 17.0. The Kier molecular flexibility index (Phi) is 5.00. The Balaban J connectivity index is 2.36. The summed E-state index contributed by atoms with van der Waals surface area (Å²) < 4.78 is 12.3. The van der Waals surface area contributed by atoms with Crippen molar-refractivity contribution >= 4 is 12.1 Å². The fraction of sp³-hybridized carbons (Fsp3) is 0.312. The summed E-state index contributed by atoms with van der Waals surface area (Å²) in [5, 5.41) is 0. The van der Waals surface area contributed by atoms with E-state index in [1.807, 2.05) is 13.8 Å². The number of ether oxygens (including phenoxy) is 2. The summed E-state index contributed by atoms with van der Waals surface area (Å²) in [5.41, 5.74) is -0.289. The minimum Gasteiger partial charge on any atom is -0.459 e. The largest absolute Gasteiger partial charge is 0.459 e. The Hall–Kier alpha value is -2.83. The molecule has 1 heterocycles. The molecule has 1 aromatic carbocycles. The third-order valence-corrected chi connectivity index (χ3v) is 3.10. The summed E-state index contributed by atoms with van der Waals surface area (Å²) in [6, 6.07) is 8.27. The molecule has 0 atom stereocenters. The third-order valence-electron chi connectivity index (χ3n) is 3.10. The van der Waals surface area contributed by atoms with Gasteiger partial charge < -0.3 is 9.47 Å². The first kappa shape index (κ1) is 16.5. The van der Waals surface area contributed by atoms with Crippen LogP contribution in [0.15, 0.2) is 41.3 Å². The molecule has 0 aliphatic rings. The number of benzene rings is 1. The summed E-state index contributed by atoms with van der Waals surface area (Å²) >= 11 is 0. The molecule has 0 saturated heterocycles. The maximum absolute atomic E-state index is 12.4. The quantitative estimate of drug-likeness (QED) is 0.808. The first-order valence-electron chi connectivity index (χ1n) is 7.13. The molecule has 0 bridgehead atoms. The van der Waals surface area contributed by atoms with Crippen LogP contribution in [0, 0.1) is 0 Å². The van der Waals surface area contributed by atoms with Crippen LogP contribution in [0.25, 0.3) is 0 Å². The van der Waals surface area contributed by atoms with Gasteiger partial charge in [0.25, 0.3) is 0 Å². The highest BCUT2D eigenvalue weighted by Crippen LogP contribution is 2.12. The normalized spacial score (nSPS) is 10.6. The van der Waals surface area contributed by atoms with Crippen LogP contribution in [0.2, 0.25) is 0 Å². The van der Waals surface area contributed by atoms with Gasteiger partial charge >= 0.3 is 17.8 Å². The molecule has 0 amide bonds. The van der Waals surface area contributed by atoms with E-state index in [0.717, 1.165) is 4.57 Å². The zero-order valence-electron chi connectivity index (χ0n) is 13.2. The van der Waals surface area contributed by atoms with Gasteiger partial charge in [-0.25, -0.2) is 9.59 Å². The lowest BCUT2D eigenvalue weighted by molar-refractivity contribution is -0.142. The molecular formula is C16H18N2O5. The summed E-state index contributed by atoms with van der Waals surface area (Å²) in [6.07, 6.45) is 0.644. The Labute approximate surface area is 133 Å². The van der Waals surface area contributed by atoms with Crippen LogP contribution in [0.4, 0.5) is 4.79 Å². The molecule has 0 aliphatic carbocycles. The molecule has 0 aliphatic heterocycles. The maximum atomic E-state index is 12.4. The van der Waals surface area contributed by atoms with Crippen molar-refractivity contribution in [2.75, 3.05) is 0 Å². The highest BCUT2D eigenvalue weighted by Gasteiger charge is 2.21. The van der Waals surface area contributed by atoms with E-state index < -0.39 is 17.8 Å². The molecule has 23 heavy (non-hydrogen) atoms. The Bertz CT molecular complexity index is 759. The number of carbonyl (C=O) groups is 2. The van der Waals surface area contributed by atoms with E-state index in [0.29, 0.717) is 5.75 Å². The van der Waals surface area contributed by atoms with Crippen LogP contribution in [0.3, 0.4) is 0 Å². The second kappa shape index (κ2) is 6.95. The number of esters is 1. The SMILES string of the molecule is CC(=O)OCc1cn(C(C)C)c(=O)n1C(=O)Oc1ccccc1. The number of nitrogens with zero attached hydrogens (tertiary/aromatic N) is 2. The van der Waals surface area contributed by atoms with E-state index in [2.05, 4.69) is 0 Å². The summed E-state index contributed by atoms with van der Waals surface area (Å²) in [6.45, 7) is 4.69. The zero-order valence-corrected chi connectivity index (χ0v) is 13.2. The van der Waals surface area contributed by atoms with Gasteiger partial charge in [-0.1, -0.05) is 18.2 Å². The number of para-hydroxylation sites is 1. The van der Waals surface area contributed by atoms with Crippen molar-refractivity contribution in [1.82, 2.24) is 9.13 Å². The second-order valence-corrected chi connectivity index (χ2v) is 5.20. The number of imidazole rings is 1. The molecule has 2 rings (SSSR count). The van der Waals surface area contributed by atoms with Crippen LogP contribution in [0.1, 0.15) is 32.5 Å². The fourth-order valence-corrected chi connectivity index (χ4v) is 1.99. The lowest BCUT2D eigenvalue weighted by Gasteiger charge is -2.07. The van der Waals surface area contributed by atoms with Gasteiger partial charge in [0.15, 0.2) is 0 Å². The molecule has 122 valence electrons. The molecule has 7 nitrogen and oxygen atoms in total. The standard InChI is InChI=1S/C16H18N2O5/c1-11(2)17-9-13(10-22-12(3)19)18(15(17)20)16(21)23-14-7-5-4-6-8-14/h4-9,11H,10H2,1-3H3. The predicted octanol–water partition coefficient (Wildman–Crippen LogP) is 2.34. The van der Waals surface area contributed by atoms with E-state index in [1.54, 1.807) is 30.3 Å². The van der Waals surface area contributed by atoms with Gasteiger partial charge in [-0.3, -0.25) is 9.36 Å². The molecule has 0 fully saturated rings. The van der Waals surface area contributed by atoms with Crippen molar-refractivity contribution in [3.63, 3.8) is 0 Å². The number of rotatable bonds is 4. The molecule has 0 N–H and O–H groups in total. The molecule has 0 radical (unpaired) electrons. The minimum absolute atomic E-state index is 0.149. The minimum atomic E-state index is -0.845. The predicted molar refractivity (Wildman–Crippen MR) is 82.4 cm³/mol. The van der Waals surface area contributed by atoms with Gasteiger partial charge in [-0.2, -0.15) is 4.57 Å². The molecule has 1 aromatic heterocycles. The number of carbonyl (C=O) groups excluding carboxylic acids is 2. The van der Waals surface area contributed by atoms with Gasteiger partial charge in [0.2, 0.25) is 0 Å². The van der Waals surface area contributed by atoms with Crippen LogP contribution >= 0.6 is 0 Å². The van der Waals surface area contributed by atoms with Crippen LogP contribution in [0.5, 0.6) is 5.75 Å². The Morgan fingerprint density at radius 3 is 2.39 bits per heavy atom. The molecule has 2 aromatic rings. The van der Waals surface area contributed by atoms with Crippen LogP contribution in [-0.4, -0.2) is 21.2 Å². The summed E-state index contributed by atoms with van der Waals surface area (Å²) in [7, 11) is 0. The van der Waals surface area contributed by atoms with Crippen LogP contribution in [-0.2, 0) is 16.1 Å². The van der Waals surface area contributed by atoms with Crippen molar-refractivity contribution < 1.29 is 19.1 Å². The third kappa shape index (κ3) is 3.88. The van der Waals surface area contributed by atoms with Gasteiger partial charge in [-0.05, 0) is 26.0 Å². The molecule has 7 heteroatoms. The van der Waals surface area contributed by atoms with E-state index in [4.69, 9.17) is 9.47 Å². The molecule has 0 unspecified atom stereocenters. The van der Waals surface area contributed by atoms with Gasteiger partial charge in [0.1, 0.15) is 12.4 Å². The lowest BCUT2D eigenvalue weighted by Crippen LogP contribution is -2.33. The number of aromatic nitrogens is 2. The van der Waals surface area contributed by atoms with Crippen molar-refractivity contribution in [3.05, 3.63) is 52.7 Å². The van der Waals surface area contributed by atoms with E-state index in [-0.39, 0.29) is 18.3 Å². The highest BCUT2D eigenvalue weighted by atomic mass is 16.6. The Morgan fingerprint density at radius 1 is 1.17 bits per heavy atom. The van der Waals surface area contributed by atoms with Crippen molar-refractivity contribution in [3.8, 4) is 5.75 Å². The average molecular weight is 318 g/mol. The van der Waals surface area contributed by atoms with E-state index in [9.17, 15) is 14.4 Å². The van der Waals surface area contributed by atoms with Crippen molar-refractivity contribution in [2.24, 2.45) is 0 Å². The number of hydrogen-bond acceptors (Lipinski definition) is 5. The smallest absolute Gasteiger partial charge is 0.428 e.